The van der Waals surface area contributed by atoms with Crippen molar-refractivity contribution in [2.24, 2.45) is 5.92 Å². The number of carboxylic acids is 1. The lowest BCUT2D eigenvalue weighted by atomic mass is 10.0. The molecule has 0 aliphatic carbocycles. The summed E-state index contributed by atoms with van der Waals surface area (Å²) in [5, 5.41) is 12.0. The van der Waals surface area contributed by atoms with E-state index in [0.29, 0.717) is 10.7 Å². The third-order valence-electron chi connectivity index (χ3n) is 2.99. The van der Waals surface area contributed by atoms with Gasteiger partial charge in [-0.05, 0) is 6.07 Å². The number of hydrogen-bond acceptors (Lipinski definition) is 4. The molecule has 0 unspecified atom stereocenters. The van der Waals surface area contributed by atoms with Gasteiger partial charge in [-0.15, -0.1) is 11.3 Å². The number of ketones is 1. The first kappa shape index (κ1) is 15.7. The molecule has 1 aromatic carbocycles. The van der Waals surface area contributed by atoms with Crippen molar-refractivity contribution in [3.05, 3.63) is 40.4 Å². The molecule has 0 aliphatic rings. The van der Waals surface area contributed by atoms with Gasteiger partial charge in [0.2, 0.25) is 0 Å². The number of aromatic nitrogens is 1. The molecule has 0 bridgehead atoms. The van der Waals surface area contributed by atoms with Gasteiger partial charge in [0, 0.05) is 23.8 Å². The third-order valence-corrected chi connectivity index (χ3v) is 4.24. The maximum absolute atomic E-state index is 11.8. The van der Waals surface area contributed by atoms with Crippen molar-refractivity contribution in [2.45, 2.75) is 19.8 Å². The first-order valence-electron chi connectivity index (χ1n) is 6.41. The summed E-state index contributed by atoms with van der Waals surface area (Å²) in [7, 11) is 0. The number of carbonyl (C=O) groups is 2. The van der Waals surface area contributed by atoms with Gasteiger partial charge in [0.1, 0.15) is 10.8 Å². The second-order valence-electron chi connectivity index (χ2n) is 4.78. The van der Waals surface area contributed by atoms with Crippen LogP contribution in [0.1, 0.15) is 19.0 Å². The van der Waals surface area contributed by atoms with Gasteiger partial charge >= 0.3 is 5.97 Å². The molecule has 0 fully saturated rings. The highest BCUT2D eigenvalue weighted by Gasteiger charge is 2.17. The fourth-order valence-electron chi connectivity index (χ4n) is 1.85. The van der Waals surface area contributed by atoms with Crippen LogP contribution in [0.3, 0.4) is 0 Å². The molecule has 0 saturated carbocycles. The zero-order valence-electron chi connectivity index (χ0n) is 11.4. The van der Waals surface area contributed by atoms with E-state index in [4.69, 9.17) is 16.7 Å². The number of hydrogen-bond donors (Lipinski definition) is 1. The Hall–Kier alpha value is -1.72. The number of nitrogens with zero attached hydrogens (tertiary/aromatic N) is 1. The molecule has 1 aromatic heterocycles. The molecule has 2 aromatic rings. The monoisotopic (exact) mass is 323 g/mol. The Balaban J connectivity index is 2.06. The Labute approximate surface area is 131 Å². The standard InChI is InChI=1S/C15H14ClNO3S/c1-9(15(19)20)6-11(18)7-10-8-21-14(17-10)12-4-2-3-5-13(12)16/h2-5,8-9H,6-7H2,1H3,(H,19,20)/t9-/m1/s1. The SMILES string of the molecule is C[C@H](CC(=O)Cc1csc(-c2ccccc2Cl)n1)C(=O)O. The average molecular weight is 324 g/mol. The summed E-state index contributed by atoms with van der Waals surface area (Å²) < 4.78 is 0. The van der Waals surface area contributed by atoms with E-state index in [1.165, 1.54) is 18.3 Å². The summed E-state index contributed by atoms with van der Waals surface area (Å²) in [6.45, 7) is 1.52. The summed E-state index contributed by atoms with van der Waals surface area (Å²) in [6.07, 6.45) is 0.173. The van der Waals surface area contributed by atoms with Crippen LogP contribution in [-0.4, -0.2) is 21.8 Å². The van der Waals surface area contributed by atoms with E-state index in [-0.39, 0.29) is 18.6 Å². The minimum Gasteiger partial charge on any atom is -0.481 e. The minimum absolute atomic E-state index is 0.0221. The summed E-state index contributed by atoms with van der Waals surface area (Å²) in [6, 6.07) is 7.38. The fraction of sp³-hybridized carbons (Fsp3) is 0.267. The van der Waals surface area contributed by atoms with Crippen molar-refractivity contribution in [3.8, 4) is 10.6 Å². The molecule has 0 saturated heterocycles. The highest BCUT2D eigenvalue weighted by Crippen LogP contribution is 2.30. The van der Waals surface area contributed by atoms with Crippen molar-refractivity contribution in [2.75, 3.05) is 0 Å². The van der Waals surface area contributed by atoms with E-state index in [0.717, 1.165) is 10.6 Å². The van der Waals surface area contributed by atoms with Gasteiger partial charge in [-0.2, -0.15) is 0 Å². The predicted molar refractivity (Wildman–Crippen MR) is 82.7 cm³/mol. The van der Waals surface area contributed by atoms with Gasteiger partial charge in [-0.1, -0.05) is 36.7 Å². The molecule has 4 nitrogen and oxygen atoms in total. The normalized spacial score (nSPS) is 12.1. The summed E-state index contributed by atoms with van der Waals surface area (Å²) >= 11 is 7.53. The maximum atomic E-state index is 11.8. The Kier molecular flexibility index (Phi) is 5.09. The van der Waals surface area contributed by atoms with Crippen LogP contribution < -0.4 is 0 Å². The molecule has 21 heavy (non-hydrogen) atoms. The first-order chi connectivity index (χ1) is 9.97. The third kappa shape index (κ3) is 4.12. The van der Waals surface area contributed by atoms with Crippen LogP contribution in [0, 0.1) is 5.92 Å². The number of carbonyl (C=O) groups excluding carboxylic acids is 1. The zero-order valence-corrected chi connectivity index (χ0v) is 12.9. The molecule has 0 amide bonds. The molecule has 0 radical (unpaired) electrons. The lowest BCUT2D eigenvalue weighted by Crippen LogP contribution is -2.16. The number of halogens is 1. The second kappa shape index (κ2) is 6.83. The van der Waals surface area contributed by atoms with Crippen molar-refractivity contribution in [1.29, 1.82) is 0 Å². The fourth-order valence-corrected chi connectivity index (χ4v) is 2.99. The van der Waals surface area contributed by atoms with E-state index >= 15 is 0 Å². The van der Waals surface area contributed by atoms with Crippen LogP contribution in [0.25, 0.3) is 10.6 Å². The highest BCUT2D eigenvalue weighted by atomic mass is 35.5. The molecule has 0 spiro atoms. The lowest BCUT2D eigenvalue weighted by molar-refractivity contribution is -0.143. The lowest BCUT2D eigenvalue weighted by Gasteiger charge is -2.03. The van der Waals surface area contributed by atoms with E-state index in [1.54, 1.807) is 6.07 Å². The number of aliphatic carboxylic acids is 1. The average Bonchev–Trinajstić information content (AvgIpc) is 2.87. The molecular weight excluding hydrogens is 310 g/mol. The van der Waals surface area contributed by atoms with Crippen molar-refractivity contribution in [1.82, 2.24) is 4.98 Å². The smallest absolute Gasteiger partial charge is 0.306 e. The van der Waals surface area contributed by atoms with Crippen LogP contribution in [0.2, 0.25) is 5.02 Å². The van der Waals surface area contributed by atoms with E-state index in [1.807, 2.05) is 23.6 Å². The molecular formula is C15H14ClNO3S. The Bertz CT molecular complexity index is 668. The molecule has 110 valence electrons. The zero-order chi connectivity index (χ0) is 15.4. The minimum atomic E-state index is -0.960. The number of benzene rings is 1. The van der Waals surface area contributed by atoms with Crippen molar-refractivity contribution < 1.29 is 14.7 Å². The largest absolute Gasteiger partial charge is 0.481 e. The van der Waals surface area contributed by atoms with Crippen LogP contribution in [0.5, 0.6) is 0 Å². The topological polar surface area (TPSA) is 67.3 Å². The van der Waals surface area contributed by atoms with Crippen LogP contribution >= 0.6 is 22.9 Å². The summed E-state index contributed by atoms with van der Waals surface area (Å²) in [5.41, 5.74) is 1.49. The number of Topliss-reactive ketones (excluding diaryl/α,β-unsaturated/α-hetero) is 1. The Morgan fingerprint density at radius 1 is 1.38 bits per heavy atom. The summed E-state index contributed by atoms with van der Waals surface area (Å²) in [4.78, 5) is 26.9. The Morgan fingerprint density at radius 2 is 2.10 bits per heavy atom. The van der Waals surface area contributed by atoms with Crippen molar-refractivity contribution >= 4 is 34.7 Å². The molecule has 2 rings (SSSR count). The molecule has 1 N–H and O–H groups in total. The quantitative estimate of drug-likeness (QED) is 0.880. The van der Waals surface area contributed by atoms with Gasteiger partial charge in [0.05, 0.1) is 16.6 Å². The van der Waals surface area contributed by atoms with E-state index in [9.17, 15) is 9.59 Å². The molecule has 6 heteroatoms. The van der Waals surface area contributed by atoms with Crippen LogP contribution in [0.4, 0.5) is 0 Å². The van der Waals surface area contributed by atoms with E-state index in [2.05, 4.69) is 4.98 Å². The van der Waals surface area contributed by atoms with Crippen molar-refractivity contribution in [3.63, 3.8) is 0 Å². The van der Waals surface area contributed by atoms with E-state index < -0.39 is 11.9 Å². The molecule has 1 atom stereocenters. The van der Waals surface area contributed by atoms with Gasteiger partial charge < -0.3 is 5.11 Å². The van der Waals surface area contributed by atoms with Gasteiger partial charge in [0.25, 0.3) is 0 Å². The number of carboxylic acid groups (broad SMARTS) is 1. The van der Waals surface area contributed by atoms with Gasteiger partial charge in [-0.25, -0.2) is 4.98 Å². The second-order valence-corrected chi connectivity index (χ2v) is 6.05. The number of thiazole rings is 1. The van der Waals surface area contributed by atoms with Crippen LogP contribution in [0.15, 0.2) is 29.6 Å². The molecule has 0 aliphatic heterocycles. The predicted octanol–water partition coefficient (Wildman–Crippen LogP) is 3.69. The first-order valence-corrected chi connectivity index (χ1v) is 7.67. The number of rotatable bonds is 6. The molecule has 1 heterocycles. The summed E-state index contributed by atoms with van der Waals surface area (Å²) in [5.74, 6) is -1.75. The van der Waals surface area contributed by atoms with Crippen LogP contribution in [-0.2, 0) is 16.0 Å². The highest BCUT2D eigenvalue weighted by molar-refractivity contribution is 7.13. The Morgan fingerprint density at radius 3 is 2.76 bits per heavy atom. The maximum Gasteiger partial charge on any atom is 0.306 e. The van der Waals surface area contributed by atoms with Gasteiger partial charge in [0.15, 0.2) is 0 Å². The van der Waals surface area contributed by atoms with Gasteiger partial charge in [-0.3, -0.25) is 9.59 Å².